The molecule has 1 amide bonds. The van der Waals surface area contributed by atoms with Gasteiger partial charge in [0.05, 0.1) is 5.56 Å². The van der Waals surface area contributed by atoms with E-state index in [1.807, 2.05) is 0 Å². The largest absolute Gasteiger partial charge is 0.399 e. The lowest BCUT2D eigenvalue weighted by molar-refractivity contribution is 0.0940. The first kappa shape index (κ1) is 13.2. The van der Waals surface area contributed by atoms with E-state index in [1.54, 1.807) is 11.8 Å². The Bertz CT molecular complexity index is 455. The Hall–Kier alpha value is -1.23. The topological polar surface area (TPSA) is 55.1 Å². The number of thioether (sulfide) groups is 1. The molecule has 0 radical (unpaired) electrons. The lowest BCUT2D eigenvalue weighted by Crippen LogP contribution is -2.45. The van der Waals surface area contributed by atoms with Crippen LogP contribution in [0.1, 0.15) is 29.6 Å². The van der Waals surface area contributed by atoms with Gasteiger partial charge in [0.1, 0.15) is 5.82 Å². The van der Waals surface area contributed by atoms with E-state index >= 15 is 0 Å². The van der Waals surface area contributed by atoms with Crippen LogP contribution in [0.3, 0.4) is 0 Å². The summed E-state index contributed by atoms with van der Waals surface area (Å²) < 4.78 is 13.7. The van der Waals surface area contributed by atoms with E-state index in [9.17, 15) is 9.18 Å². The van der Waals surface area contributed by atoms with Crippen molar-refractivity contribution in [3.05, 3.63) is 29.6 Å². The van der Waals surface area contributed by atoms with Gasteiger partial charge in [-0.2, -0.15) is 11.8 Å². The molecule has 0 atom stereocenters. The number of hydrogen-bond donors (Lipinski definition) is 2. The molecule has 1 aromatic rings. The first-order valence-corrected chi connectivity index (χ1v) is 7.17. The molecule has 1 aromatic carbocycles. The van der Waals surface area contributed by atoms with E-state index in [2.05, 4.69) is 11.6 Å². The molecule has 1 saturated carbocycles. The summed E-state index contributed by atoms with van der Waals surface area (Å²) >= 11 is 1.77. The molecule has 0 spiro atoms. The van der Waals surface area contributed by atoms with Gasteiger partial charge in [-0.3, -0.25) is 4.79 Å². The number of anilines is 1. The molecule has 0 unspecified atom stereocenters. The average Bonchev–Trinajstić information content (AvgIpc) is 2.27. The molecule has 3 nitrogen and oxygen atoms in total. The van der Waals surface area contributed by atoms with Gasteiger partial charge < -0.3 is 11.1 Å². The predicted octanol–water partition coefficient (Wildman–Crippen LogP) is 2.42. The van der Waals surface area contributed by atoms with Crippen LogP contribution < -0.4 is 11.1 Å². The van der Waals surface area contributed by atoms with E-state index in [-0.39, 0.29) is 16.2 Å². The van der Waals surface area contributed by atoms with Crippen LogP contribution in [0.2, 0.25) is 0 Å². The Labute approximate surface area is 110 Å². The molecule has 0 aromatic heterocycles. The first-order chi connectivity index (χ1) is 8.56. The third-order valence-electron chi connectivity index (χ3n) is 3.51. The lowest BCUT2D eigenvalue weighted by atomic mass is 9.84. The van der Waals surface area contributed by atoms with Crippen molar-refractivity contribution in [2.75, 3.05) is 18.5 Å². The van der Waals surface area contributed by atoms with Gasteiger partial charge in [0.2, 0.25) is 0 Å². The van der Waals surface area contributed by atoms with Crippen LogP contribution >= 0.6 is 11.8 Å². The van der Waals surface area contributed by atoms with Gasteiger partial charge in [-0.05, 0) is 37.3 Å². The molecular formula is C13H17FN2OS. The van der Waals surface area contributed by atoms with E-state index < -0.39 is 5.82 Å². The normalized spacial score (nSPS) is 17.0. The zero-order chi connectivity index (χ0) is 13.2. The van der Waals surface area contributed by atoms with Crippen molar-refractivity contribution in [3.8, 4) is 0 Å². The minimum atomic E-state index is -0.570. The Morgan fingerprint density at radius 2 is 2.28 bits per heavy atom. The van der Waals surface area contributed by atoms with Crippen molar-refractivity contribution in [3.63, 3.8) is 0 Å². The Morgan fingerprint density at radius 1 is 1.56 bits per heavy atom. The van der Waals surface area contributed by atoms with Gasteiger partial charge in [-0.1, -0.05) is 6.42 Å². The zero-order valence-corrected chi connectivity index (χ0v) is 11.1. The highest BCUT2D eigenvalue weighted by atomic mass is 32.2. The molecule has 18 heavy (non-hydrogen) atoms. The molecule has 5 heteroatoms. The number of carbonyl (C=O) groups excluding carboxylic acids is 1. The highest BCUT2D eigenvalue weighted by Crippen LogP contribution is 2.42. The highest BCUT2D eigenvalue weighted by molar-refractivity contribution is 8.00. The van der Waals surface area contributed by atoms with Crippen LogP contribution in [0.15, 0.2) is 18.2 Å². The summed E-state index contributed by atoms with van der Waals surface area (Å²) in [6.07, 6.45) is 5.47. The maximum absolute atomic E-state index is 13.6. The molecule has 0 heterocycles. The number of halogens is 1. The molecule has 2 rings (SSSR count). The van der Waals surface area contributed by atoms with Crippen molar-refractivity contribution < 1.29 is 9.18 Å². The van der Waals surface area contributed by atoms with Gasteiger partial charge in [0.15, 0.2) is 0 Å². The maximum atomic E-state index is 13.6. The van der Waals surface area contributed by atoms with Crippen LogP contribution in [0.25, 0.3) is 0 Å². The van der Waals surface area contributed by atoms with Crippen LogP contribution in [-0.4, -0.2) is 23.5 Å². The standard InChI is InChI=1S/C13H17FN2OS/c1-18-13(5-2-6-13)8-16-12(17)10-4-3-9(15)7-11(10)14/h3-4,7H,2,5-6,8,15H2,1H3,(H,16,17). The van der Waals surface area contributed by atoms with E-state index in [1.165, 1.54) is 24.6 Å². The summed E-state index contributed by atoms with van der Waals surface area (Å²) in [5.41, 5.74) is 5.83. The monoisotopic (exact) mass is 268 g/mol. The molecule has 1 aliphatic rings. The first-order valence-electron chi connectivity index (χ1n) is 5.95. The number of nitrogen functional groups attached to an aromatic ring is 1. The number of benzene rings is 1. The van der Waals surface area contributed by atoms with Gasteiger partial charge in [-0.15, -0.1) is 0 Å². The molecular weight excluding hydrogens is 251 g/mol. The summed E-state index contributed by atoms with van der Waals surface area (Å²) in [6, 6.07) is 4.13. The SMILES string of the molecule is CSC1(CNC(=O)c2ccc(N)cc2F)CCC1. The fraction of sp³-hybridized carbons (Fsp3) is 0.462. The number of nitrogens with one attached hydrogen (secondary N) is 1. The summed E-state index contributed by atoms with van der Waals surface area (Å²) in [5, 5.41) is 2.81. The Kier molecular flexibility index (Phi) is 3.80. The Balaban J connectivity index is 1.99. The maximum Gasteiger partial charge on any atom is 0.254 e. The second-order valence-electron chi connectivity index (χ2n) is 4.66. The quantitative estimate of drug-likeness (QED) is 0.825. The van der Waals surface area contributed by atoms with Gasteiger partial charge in [0.25, 0.3) is 5.91 Å². The minimum absolute atomic E-state index is 0.0553. The van der Waals surface area contributed by atoms with Crippen LogP contribution in [0, 0.1) is 5.82 Å². The smallest absolute Gasteiger partial charge is 0.254 e. The molecule has 0 bridgehead atoms. The van der Waals surface area contributed by atoms with Crippen molar-refractivity contribution in [2.45, 2.75) is 24.0 Å². The number of hydrogen-bond acceptors (Lipinski definition) is 3. The van der Waals surface area contributed by atoms with E-state index in [4.69, 9.17) is 5.73 Å². The molecule has 0 saturated heterocycles. The van der Waals surface area contributed by atoms with Gasteiger partial charge in [-0.25, -0.2) is 4.39 Å². The van der Waals surface area contributed by atoms with Crippen molar-refractivity contribution in [1.82, 2.24) is 5.32 Å². The second kappa shape index (κ2) is 5.18. The van der Waals surface area contributed by atoms with Crippen LogP contribution in [0.4, 0.5) is 10.1 Å². The van der Waals surface area contributed by atoms with E-state index in [0.29, 0.717) is 12.2 Å². The van der Waals surface area contributed by atoms with Crippen molar-refractivity contribution in [2.24, 2.45) is 0 Å². The predicted molar refractivity (Wildman–Crippen MR) is 73.2 cm³/mol. The van der Waals surface area contributed by atoms with Crippen LogP contribution in [0.5, 0.6) is 0 Å². The zero-order valence-electron chi connectivity index (χ0n) is 10.3. The number of nitrogens with two attached hydrogens (primary N) is 1. The molecule has 1 aliphatic carbocycles. The molecule has 1 fully saturated rings. The number of amides is 1. The third kappa shape index (κ3) is 2.61. The molecule has 3 N–H and O–H groups in total. The van der Waals surface area contributed by atoms with Crippen molar-refractivity contribution >= 4 is 23.4 Å². The summed E-state index contributed by atoms with van der Waals surface area (Å²) in [5.74, 6) is -0.938. The molecule has 98 valence electrons. The van der Waals surface area contributed by atoms with E-state index in [0.717, 1.165) is 12.8 Å². The summed E-state index contributed by atoms with van der Waals surface area (Å²) in [7, 11) is 0. The minimum Gasteiger partial charge on any atom is -0.399 e. The average molecular weight is 268 g/mol. The van der Waals surface area contributed by atoms with Crippen LogP contribution in [-0.2, 0) is 0 Å². The number of rotatable bonds is 4. The van der Waals surface area contributed by atoms with Gasteiger partial charge in [0, 0.05) is 17.0 Å². The fourth-order valence-electron chi connectivity index (χ4n) is 2.08. The summed E-state index contributed by atoms with van der Waals surface area (Å²) in [6.45, 7) is 0.594. The number of carbonyl (C=O) groups is 1. The van der Waals surface area contributed by atoms with Crippen molar-refractivity contribution in [1.29, 1.82) is 0 Å². The highest BCUT2D eigenvalue weighted by Gasteiger charge is 2.36. The lowest BCUT2D eigenvalue weighted by Gasteiger charge is -2.40. The fourth-order valence-corrected chi connectivity index (χ4v) is 2.99. The summed E-state index contributed by atoms with van der Waals surface area (Å²) in [4.78, 5) is 11.9. The molecule has 0 aliphatic heterocycles. The third-order valence-corrected chi connectivity index (χ3v) is 4.93. The second-order valence-corrected chi connectivity index (χ2v) is 5.94. The Morgan fingerprint density at radius 3 is 2.78 bits per heavy atom. The van der Waals surface area contributed by atoms with Gasteiger partial charge >= 0.3 is 0 Å².